The minimum absolute atomic E-state index is 0.0508. The van der Waals surface area contributed by atoms with Crippen LogP contribution in [0.2, 0.25) is 0 Å². The first-order chi connectivity index (χ1) is 16.5. The van der Waals surface area contributed by atoms with Crippen LogP contribution in [-0.2, 0) is 10.4 Å². The van der Waals surface area contributed by atoms with E-state index in [1.54, 1.807) is 84.9 Å². The Kier molecular flexibility index (Phi) is 7.01. The zero-order valence-electron chi connectivity index (χ0n) is 17.7. The van der Waals surface area contributed by atoms with Crippen molar-refractivity contribution in [3.05, 3.63) is 124 Å². The first kappa shape index (κ1) is 23.2. The minimum Gasteiger partial charge on any atom is -0.457 e. The van der Waals surface area contributed by atoms with E-state index < -0.39 is 17.5 Å². The fourth-order valence-corrected chi connectivity index (χ4v) is 3.67. The third-order valence-electron chi connectivity index (χ3n) is 4.98. The SMILES string of the molecule is O=C(Oc1ccc(Br)cc1C=NNC(=O)C(O)(c1ccccc1)c1ccccc1)c1ccco1. The molecule has 3 aromatic carbocycles. The highest BCUT2D eigenvalue weighted by molar-refractivity contribution is 9.10. The van der Waals surface area contributed by atoms with Crippen LogP contribution in [0.1, 0.15) is 27.2 Å². The number of amides is 1. The van der Waals surface area contributed by atoms with Gasteiger partial charge in [0.2, 0.25) is 5.76 Å². The molecule has 0 aliphatic carbocycles. The van der Waals surface area contributed by atoms with Gasteiger partial charge < -0.3 is 14.3 Å². The lowest BCUT2D eigenvalue weighted by molar-refractivity contribution is -0.136. The Morgan fingerprint density at radius 1 is 0.941 bits per heavy atom. The van der Waals surface area contributed by atoms with Crippen molar-refractivity contribution in [1.29, 1.82) is 0 Å². The maximum Gasteiger partial charge on any atom is 0.379 e. The number of rotatable bonds is 7. The fraction of sp³-hybridized carbons (Fsp3) is 0.0385. The average molecular weight is 519 g/mol. The van der Waals surface area contributed by atoms with E-state index >= 15 is 0 Å². The number of ether oxygens (including phenoxy) is 1. The number of nitrogens with zero attached hydrogens (tertiary/aromatic N) is 1. The van der Waals surface area contributed by atoms with Gasteiger partial charge in [0.15, 0.2) is 5.60 Å². The van der Waals surface area contributed by atoms with Crippen LogP contribution in [-0.4, -0.2) is 23.2 Å². The normalized spacial score (nSPS) is 11.4. The number of carbonyl (C=O) groups excluding carboxylic acids is 2. The molecule has 1 amide bonds. The summed E-state index contributed by atoms with van der Waals surface area (Å²) in [6, 6.07) is 25.2. The number of benzene rings is 3. The van der Waals surface area contributed by atoms with Crippen molar-refractivity contribution >= 4 is 34.0 Å². The highest BCUT2D eigenvalue weighted by atomic mass is 79.9. The molecule has 0 saturated carbocycles. The van der Waals surface area contributed by atoms with Gasteiger partial charge in [-0.3, -0.25) is 4.79 Å². The molecular weight excluding hydrogens is 500 g/mol. The number of hydrazone groups is 1. The molecule has 2 N–H and O–H groups in total. The standard InChI is InChI=1S/C26H19BrN2O5/c27-21-13-14-22(34-24(30)23-12-7-15-33-23)18(16-21)17-28-29-25(31)26(32,19-8-3-1-4-9-19)20-10-5-2-6-11-20/h1-17,32H,(H,29,31). The number of halogens is 1. The summed E-state index contributed by atoms with van der Waals surface area (Å²) >= 11 is 3.37. The first-order valence-corrected chi connectivity index (χ1v) is 11.0. The molecule has 0 saturated heterocycles. The molecule has 0 atom stereocenters. The number of hydrogen-bond acceptors (Lipinski definition) is 6. The van der Waals surface area contributed by atoms with Crippen molar-refractivity contribution in [2.24, 2.45) is 5.10 Å². The lowest BCUT2D eigenvalue weighted by Crippen LogP contribution is -2.43. The van der Waals surface area contributed by atoms with Crippen LogP contribution in [0.15, 0.2) is 111 Å². The van der Waals surface area contributed by atoms with Crippen molar-refractivity contribution in [1.82, 2.24) is 5.43 Å². The van der Waals surface area contributed by atoms with Gasteiger partial charge in [0.25, 0.3) is 5.91 Å². The molecule has 34 heavy (non-hydrogen) atoms. The zero-order chi connectivity index (χ0) is 24.0. The second-order valence-corrected chi connectivity index (χ2v) is 8.11. The maximum atomic E-state index is 13.2. The number of furan rings is 1. The Balaban J connectivity index is 1.58. The lowest BCUT2D eigenvalue weighted by Gasteiger charge is -2.27. The van der Waals surface area contributed by atoms with Crippen LogP contribution in [0, 0.1) is 0 Å². The van der Waals surface area contributed by atoms with Gasteiger partial charge in [-0.2, -0.15) is 5.10 Å². The molecule has 7 nitrogen and oxygen atoms in total. The van der Waals surface area contributed by atoms with E-state index in [2.05, 4.69) is 26.5 Å². The summed E-state index contributed by atoms with van der Waals surface area (Å²) in [6.07, 6.45) is 2.69. The minimum atomic E-state index is -1.97. The number of aliphatic hydroxyl groups is 1. The Labute approximate surface area is 203 Å². The summed E-state index contributed by atoms with van der Waals surface area (Å²) in [5.41, 5.74) is 1.64. The quantitative estimate of drug-likeness (QED) is 0.160. The average Bonchev–Trinajstić information content (AvgIpc) is 3.41. The predicted molar refractivity (Wildman–Crippen MR) is 129 cm³/mol. The fourth-order valence-electron chi connectivity index (χ4n) is 3.29. The number of carbonyl (C=O) groups is 2. The molecule has 0 fully saturated rings. The summed E-state index contributed by atoms with van der Waals surface area (Å²) < 4.78 is 11.2. The van der Waals surface area contributed by atoms with Crippen molar-refractivity contribution in [2.75, 3.05) is 0 Å². The first-order valence-electron chi connectivity index (χ1n) is 10.2. The molecule has 0 aliphatic rings. The third kappa shape index (κ3) is 4.98. The molecule has 0 spiro atoms. The highest BCUT2D eigenvalue weighted by Gasteiger charge is 2.39. The van der Waals surface area contributed by atoms with E-state index in [0.29, 0.717) is 21.2 Å². The molecule has 1 aromatic heterocycles. The van der Waals surface area contributed by atoms with Gasteiger partial charge in [-0.25, -0.2) is 10.2 Å². The molecule has 0 unspecified atom stereocenters. The Bertz CT molecular complexity index is 1270. The van der Waals surface area contributed by atoms with Crippen molar-refractivity contribution in [3.63, 3.8) is 0 Å². The van der Waals surface area contributed by atoms with Crippen LogP contribution in [0.25, 0.3) is 0 Å². The van der Waals surface area contributed by atoms with E-state index in [0.717, 1.165) is 0 Å². The number of hydrogen-bond donors (Lipinski definition) is 2. The summed E-state index contributed by atoms with van der Waals surface area (Å²) in [6.45, 7) is 0. The lowest BCUT2D eigenvalue weighted by atomic mass is 9.85. The highest BCUT2D eigenvalue weighted by Crippen LogP contribution is 2.30. The topological polar surface area (TPSA) is 101 Å². The van der Waals surface area contributed by atoms with Gasteiger partial charge in [-0.15, -0.1) is 0 Å². The molecule has 0 bridgehead atoms. The largest absolute Gasteiger partial charge is 0.457 e. The molecule has 1 heterocycles. The second-order valence-electron chi connectivity index (χ2n) is 7.19. The summed E-state index contributed by atoms with van der Waals surface area (Å²) in [5.74, 6) is -1.15. The summed E-state index contributed by atoms with van der Waals surface area (Å²) in [5, 5.41) is 15.5. The van der Waals surface area contributed by atoms with Crippen LogP contribution in [0.4, 0.5) is 0 Å². The second kappa shape index (κ2) is 10.3. The van der Waals surface area contributed by atoms with E-state index in [1.165, 1.54) is 18.5 Å². The monoisotopic (exact) mass is 518 g/mol. The zero-order valence-corrected chi connectivity index (χ0v) is 19.3. The van der Waals surface area contributed by atoms with Crippen LogP contribution >= 0.6 is 15.9 Å². The molecule has 0 radical (unpaired) electrons. The molecule has 4 aromatic rings. The van der Waals surface area contributed by atoms with Crippen molar-refractivity contribution in [2.45, 2.75) is 5.60 Å². The van der Waals surface area contributed by atoms with E-state index in [1.807, 2.05) is 0 Å². The van der Waals surface area contributed by atoms with Crippen LogP contribution in [0.5, 0.6) is 5.75 Å². The van der Waals surface area contributed by atoms with Gasteiger partial charge >= 0.3 is 5.97 Å². The van der Waals surface area contributed by atoms with Gasteiger partial charge in [0, 0.05) is 10.0 Å². The Morgan fingerprint density at radius 3 is 2.18 bits per heavy atom. The maximum absolute atomic E-state index is 13.2. The molecule has 8 heteroatoms. The van der Waals surface area contributed by atoms with Gasteiger partial charge in [0.1, 0.15) is 5.75 Å². The Morgan fingerprint density at radius 2 is 1.59 bits per heavy atom. The van der Waals surface area contributed by atoms with Gasteiger partial charge in [-0.1, -0.05) is 76.6 Å². The van der Waals surface area contributed by atoms with Gasteiger partial charge in [0.05, 0.1) is 12.5 Å². The van der Waals surface area contributed by atoms with E-state index in [9.17, 15) is 14.7 Å². The molecular formula is C26H19BrN2O5. The van der Waals surface area contributed by atoms with Gasteiger partial charge in [-0.05, 0) is 41.5 Å². The number of esters is 1. The molecule has 0 aliphatic heterocycles. The van der Waals surface area contributed by atoms with Crippen LogP contribution in [0.3, 0.4) is 0 Å². The predicted octanol–water partition coefficient (Wildman–Crippen LogP) is 4.65. The van der Waals surface area contributed by atoms with E-state index in [-0.39, 0.29) is 11.5 Å². The Hall–Kier alpha value is -4.01. The summed E-state index contributed by atoms with van der Waals surface area (Å²) in [7, 11) is 0. The third-order valence-corrected chi connectivity index (χ3v) is 5.47. The molecule has 170 valence electrons. The molecule has 4 rings (SSSR count). The van der Waals surface area contributed by atoms with E-state index in [4.69, 9.17) is 9.15 Å². The van der Waals surface area contributed by atoms with Crippen molar-refractivity contribution in [3.8, 4) is 5.75 Å². The number of nitrogens with one attached hydrogen (secondary N) is 1. The van der Waals surface area contributed by atoms with Crippen molar-refractivity contribution < 1.29 is 23.8 Å². The summed E-state index contributed by atoms with van der Waals surface area (Å²) in [4.78, 5) is 25.4. The van der Waals surface area contributed by atoms with Crippen LogP contribution < -0.4 is 10.2 Å². The smallest absolute Gasteiger partial charge is 0.379 e.